The molecule has 3 N–H and O–H groups in total. The Morgan fingerprint density at radius 1 is 1.69 bits per heavy atom. The number of rotatable bonds is 4. The van der Waals surface area contributed by atoms with Crippen LogP contribution in [-0.2, 0) is 11.8 Å². The van der Waals surface area contributed by atoms with Crippen LogP contribution in [0.4, 0.5) is 5.69 Å². The Morgan fingerprint density at radius 3 is 2.75 bits per heavy atom. The number of anilines is 1. The van der Waals surface area contributed by atoms with E-state index >= 15 is 0 Å². The molecule has 0 saturated carbocycles. The van der Waals surface area contributed by atoms with Gasteiger partial charge in [0.25, 0.3) is 5.91 Å². The summed E-state index contributed by atoms with van der Waals surface area (Å²) in [5.41, 5.74) is 5.82. The molecule has 0 fully saturated rings. The van der Waals surface area contributed by atoms with E-state index in [-0.39, 0.29) is 11.6 Å². The number of nitrogens with zero attached hydrogens (tertiary/aromatic N) is 2. The first-order chi connectivity index (χ1) is 7.35. The van der Waals surface area contributed by atoms with E-state index in [1.807, 2.05) is 13.8 Å². The fraction of sp³-hybridized carbons (Fsp3) is 0.600. The van der Waals surface area contributed by atoms with Crippen molar-refractivity contribution in [2.45, 2.75) is 19.4 Å². The number of nitrogen functional groups attached to an aromatic ring is 1. The van der Waals surface area contributed by atoms with Crippen molar-refractivity contribution in [2.24, 2.45) is 7.05 Å². The highest BCUT2D eigenvalue weighted by molar-refractivity contribution is 5.97. The van der Waals surface area contributed by atoms with Crippen molar-refractivity contribution in [3.8, 4) is 0 Å². The number of nitrogens with two attached hydrogens (primary N) is 1. The monoisotopic (exact) mass is 226 g/mol. The smallest absolute Gasteiger partial charge is 0.274 e. The van der Waals surface area contributed by atoms with Gasteiger partial charge in [-0.2, -0.15) is 5.10 Å². The number of hydrogen-bond acceptors (Lipinski definition) is 4. The summed E-state index contributed by atoms with van der Waals surface area (Å²) in [4.78, 5) is 11.8. The highest BCUT2D eigenvalue weighted by Gasteiger charge is 2.23. The lowest BCUT2D eigenvalue weighted by Crippen LogP contribution is -2.47. The Balaban J connectivity index is 2.76. The number of hydrogen-bond donors (Lipinski definition) is 2. The molecule has 0 atom stereocenters. The van der Waals surface area contributed by atoms with Gasteiger partial charge in [0, 0.05) is 20.4 Å². The minimum Gasteiger partial charge on any atom is -0.396 e. The molecule has 16 heavy (non-hydrogen) atoms. The first-order valence-electron chi connectivity index (χ1n) is 4.96. The molecule has 6 nitrogen and oxygen atoms in total. The molecule has 1 aromatic heterocycles. The van der Waals surface area contributed by atoms with Crippen LogP contribution in [0, 0.1) is 0 Å². The molecular weight excluding hydrogens is 208 g/mol. The molecule has 0 aromatic carbocycles. The largest absolute Gasteiger partial charge is 0.396 e. The van der Waals surface area contributed by atoms with Gasteiger partial charge < -0.3 is 15.8 Å². The molecule has 0 saturated heterocycles. The van der Waals surface area contributed by atoms with Crippen molar-refractivity contribution < 1.29 is 9.53 Å². The summed E-state index contributed by atoms with van der Waals surface area (Å²) in [6, 6.07) is 0. The molecule has 6 heteroatoms. The van der Waals surface area contributed by atoms with Gasteiger partial charge in [-0.1, -0.05) is 0 Å². The van der Waals surface area contributed by atoms with E-state index in [9.17, 15) is 4.79 Å². The number of methoxy groups -OCH3 is 1. The van der Waals surface area contributed by atoms with Crippen LogP contribution in [0.1, 0.15) is 24.3 Å². The summed E-state index contributed by atoms with van der Waals surface area (Å²) in [5, 5.41) is 6.80. The van der Waals surface area contributed by atoms with Crippen LogP contribution in [0.2, 0.25) is 0 Å². The first kappa shape index (κ1) is 12.5. The van der Waals surface area contributed by atoms with Crippen molar-refractivity contribution in [3.63, 3.8) is 0 Å². The van der Waals surface area contributed by atoms with Gasteiger partial charge in [0.15, 0.2) is 5.69 Å². The number of carbonyl (C=O) groups is 1. The summed E-state index contributed by atoms with van der Waals surface area (Å²) in [6.07, 6.45) is 1.60. The zero-order valence-corrected chi connectivity index (χ0v) is 10.1. The molecule has 0 aliphatic rings. The van der Waals surface area contributed by atoms with Gasteiger partial charge >= 0.3 is 0 Å². The predicted octanol–water partition coefficient (Wildman–Crippen LogP) is 0.157. The lowest BCUT2D eigenvalue weighted by Gasteiger charge is -2.24. The van der Waals surface area contributed by atoms with E-state index in [1.54, 1.807) is 20.4 Å². The lowest BCUT2D eigenvalue weighted by atomic mass is 10.1. The molecule has 0 unspecified atom stereocenters. The highest BCUT2D eigenvalue weighted by Crippen LogP contribution is 2.10. The zero-order chi connectivity index (χ0) is 12.3. The minimum absolute atomic E-state index is 0.242. The topological polar surface area (TPSA) is 82.2 Å². The standard InChI is InChI=1S/C10H18N4O2/c1-10(2,6-16-4)12-9(15)8-7(11)5-14(3)13-8/h5H,6,11H2,1-4H3,(H,12,15). The van der Waals surface area contributed by atoms with Gasteiger partial charge in [0.05, 0.1) is 17.8 Å². The maximum atomic E-state index is 11.8. The van der Waals surface area contributed by atoms with Crippen LogP contribution in [0.3, 0.4) is 0 Å². The molecule has 1 aromatic rings. The maximum Gasteiger partial charge on any atom is 0.274 e. The van der Waals surface area contributed by atoms with Crippen molar-refractivity contribution in [1.82, 2.24) is 15.1 Å². The molecular formula is C10H18N4O2. The Labute approximate surface area is 94.8 Å². The van der Waals surface area contributed by atoms with Crippen molar-refractivity contribution in [3.05, 3.63) is 11.9 Å². The van der Waals surface area contributed by atoms with Gasteiger partial charge in [-0.3, -0.25) is 9.48 Å². The van der Waals surface area contributed by atoms with Crippen LogP contribution in [0.5, 0.6) is 0 Å². The fourth-order valence-corrected chi connectivity index (χ4v) is 1.45. The summed E-state index contributed by atoms with van der Waals surface area (Å²) in [6.45, 7) is 4.16. The lowest BCUT2D eigenvalue weighted by molar-refractivity contribution is 0.0815. The number of amides is 1. The van der Waals surface area contributed by atoms with Gasteiger partial charge in [0.2, 0.25) is 0 Å². The van der Waals surface area contributed by atoms with Crippen LogP contribution in [0.15, 0.2) is 6.20 Å². The van der Waals surface area contributed by atoms with Crippen LogP contribution < -0.4 is 11.1 Å². The quantitative estimate of drug-likeness (QED) is 0.766. The van der Waals surface area contributed by atoms with Gasteiger partial charge in [0.1, 0.15) is 0 Å². The number of aryl methyl sites for hydroxylation is 1. The second kappa shape index (κ2) is 4.52. The van der Waals surface area contributed by atoms with E-state index < -0.39 is 5.54 Å². The normalized spacial score (nSPS) is 11.5. The van der Waals surface area contributed by atoms with Crippen LogP contribution in [-0.4, -0.2) is 34.9 Å². The van der Waals surface area contributed by atoms with Crippen molar-refractivity contribution >= 4 is 11.6 Å². The number of ether oxygens (including phenoxy) is 1. The average molecular weight is 226 g/mol. The Morgan fingerprint density at radius 2 is 2.31 bits per heavy atom. The molecule has 0 aliphatic heterocycles. The van der Waals surface area contributed by atoms with E-state index in [0.717, 1.165) is 0 Å². The van der Waals surface area contributed by atoms with E-state index in [2.05, 4.69) is 10.4 Å². The third-order valence-electron chi connectivity index (χ3n) is 2.03. The molecule has 0 aliphatic carbocycles. The summed E-state index contributed by atoms with van der Waals surface area (Å²) < 4.78 is 6.51. The van der Waals surface area contributed by atoms with Crippen LogP contribution in [0.25, 0.3) is 0 Å². The highest BCUT2D eigenvalue weighted by atomic mass is 16.5. The second-order valence-electron chi connectivity index (χ2n) is 4.38. The Bertz CT molecular complexity index is 384. The Hall–Kier alpha value is -1.56. The van der Waals surface area contributed by atoms with Crippen molar-refractivity contribution in [2.75, 3.05) is 19.5 Å². The number of nitrogens with one attached hydrogen (secondary N) is 1. The van der Waals surface area contributed by atoms with Crippen molar-refractivity contribution in [1.29, 1.82) is 0 Å². The van der Waals surface area contributed by atoms with Gasteiger partial charge in [-0.05, 0) is 13.8 Å². The third-order valence-corrected chi connectivity index (χ3v) is 2.03. The second-order valence-corrected chi connectivity index (χ2v) is 4.38. The van der Waals surface area contributed by atoms with E-state index in [4.69, 9.17) is 10.5 Å². The summed E-state index contributed by atoms with van der Waals surface area (Å²) in [7, 11) is 3.30. The minimum atomic E-state index is -0.449. The molecule has 90 valence electrons. The summed E-state index contributed by atoms with van der Waals surface area (Å²) >= 11 is 0. The predicted molar refractivity (Wildman–Crippen MR) is 61.0 cm³/mol. The SMILES string of the molecule is COCC(C)(C)NC(=O)c1nn(C)cc1N. The molecule has 0 radical (unpaired) electrons. The van der Waals surface area contributed by atoms with E-state index in [1.165, 1.54) is 4.68 Å². The Kier molecular flexibility index (Phi) is 3.54. The molecule has 0 spiro atoms. The summed E-state index contributed by atoms with van der Waals surface area (Å²) in [5.74, 6) is -0.292. The zero-order valence-electron chi connectivity index (χ0n) is 10.1. The molecule has 1 rings (SSSR count). The molecule has 1 amide bonds. The van der Waals surface area contributed by atoms with Gasteiger partial charge in [-0.15, -0.1) is 0 Å². The first-order valence-corrected chi connectivity index (χ1v) is 4.96. The van der Waals surface area contributed by atoms with E-state index in [0.29, 0.717) is 12.3 Å². The number of carbonyl (C=O) groups excluding carboxylic acids is 1. The van der Waals surface area contributed by atoms with Gasteiger partial charge in [-0.25, -0.2) is 0 Å². The number of aromatic nitrogens is 2. The van der Waals surface area contributed by atoms with Crippen LogP contribution >= 0.6 is 0 Å². The molecule has 0 bridgehead atoms. The third kappa shape index (κ3) is 2.96. The molecule has 1 heterocycles. The fourth-order valence-electron chi connectivity index (χ4n) is 1.45. The average Bonchev–Trinajstić information content (AvgIpc) is 2.44. The maximum absolute atomic E-state index is 11.8.